The Balaban J connectivity index is 1.94. The van der Waals surface area contributed by atoms with E-state index in [1.807, 2.05) is 30.3 Å². The van der Waals surface area contributed by atoms with Crippen molar-refractivity contribution in [2.45, 2.75) is 0 Å². The molecule has 15 heavy (non-hydrogen) atoms. The van der Waals surface area contributed by atoms with Gasteiger partial charge in [-0.1, -0.05) is 22.7 Å². The first-order valence-electron chi connectivity index (χ1n) is 4.25. The van der Waals surface area contributed by atoms with E-state index in [1.54, 1.807) is 0 Å². The summed E-state index contributed by atoms with van der Waals surface area (Å²) in [7, 11) is 0. The molecule has 2 aromatic rings. The average Bonchev–Trinajstić information content (AvgIpc) is 2.71. The SMILES string of the molecule is O=C(Nc1ccccc1)Nc1cnns1. The van der Waals surface area contributed by atoms with E-state index in [4.69, 9.17) is 0 Å². The second-order valence-electron chi connectivity index (χ2n) is 2.73. The first-order valence-corrected chi connectivity index (χ1v) is 5.02. The minimum Gasteiger partial charge on any atom is -0.308 e. The molecule has 0 aliphatic rings. The number of amides is 2. The van der Waals surface area contributed by atoms with Gasteiger partial charge in [-0.3, -0.25) is 5.32 Å². The fraction of sp³-hybridized carbons (Fsp3) is 0. The van der Waals surface area contributed by atoms with Crippen LogP contribution in [0.2, 0.25) is 0 Å². The van der Waals surface area contributed by atoms with Gasteiger partial charge in [-0.05, 0) is 12.1 Å². The summed E-state index contributed by atoms with van der Waals surface area (Å²) in [6, 6.07) is 8.91. The smallest absolute Gasteiger partial charge is 0.308 e. The zero-order valence-corrected chi connectivity index (χ0v) is 8.49. The predicted molar refractivity (Wildman–Crippen MR) is 59.0 cm³/mol. The van der Waals surface area contributed by atoms with Crippen LogP contribution in [-0.4, -0.2) is 15.6 Å². The van der Waals surface area contributed by atoms with Gasteiger partial charge in [0.15, 0.2) is 0 Å². The third-order valence-electron chi connectivity index (χ3n) is 1.63. The summed E-state index contributed by atoms with van der Waals surface area (Å²) >= 11 is 1.13. The molecule has 0 radical (unpaired) electrons. The molecule has 0 unspecified atom stereocenters. The largest absolute Gasteiger partial charge is 0.324 e. The molecule has 2 amide bonds. The third kappa shape index (κ3) is 2.75. The van der Waals surface area contributed by atoms with Gasteiger partial charge in [0.25, 0.3) is 0 Å². The molecule has 2 N–H and O–H groups in total. The van der Waals surface area contributed by atoms with Crippen molar-refractivity contribution in [3.8, 4) is 0 Å². The first-order chi connectivity index (χ1) is 7.34. The van der Waals surface area contributed by atoms with Gasteiger partial charge in [0.2, 0.25) is 0 Å². The number of hydrogen-bond acceptors (Lipinski definition) is 4. The average molecular weight is 220 g/mol. The normalized spacial score (nSPS) is 9.60. The molecule has 5 nitrogen and oxygen atoms in total. The van der Waals surface area contributed by atoms with E-state index in [1.165, 1.54) is 6.20 Å². The van der Waals surface area contributed by atoms with E-state index in [-0.39, 0.29) is 6.03 Å². The van der Waals surface area contributed by atoms with Gasteiger partial charge < -0.3 is 5.32 Å². The van der Waals surface area contributed by atoms with Crippen molar-refractivity contribution in [1.82, 2.24) is 9.59 Å². The van der Waals surface area contributed by atoms with Gasteiger partial charge in [0, 0.05) is 17.2 Å². The van der Waals surface area contributed by atoms with Crippen LogP contribution in [0.3, 0.4) is 0 Å². The highest BCUT2D eigenvalue weighted by Gasteiger charge is 2.03. The summed E-state index contributed by atoms with van der Waals surface area (Å²) in [4.78, 5) is 11.4. The molecule has 0 saturated heterocycles. The minimum absolute atomic E-state index is 0.299. The summed E-state index contributed by atoms with van der Waals surface area (Å²) in [6.07, 6.45) is 1.50. The monoisotopic (exact) mass is 220 g/mol. The van der Waals surface area contributed by atoms with Crippen LogP contribution in [-0.2, 0) is 0 Å². The zero-order valence-electron chi connectivity index (χ0n) is 7.68. The molecule has 0 aliphatic heterocycles. The van der Waals surface area contributed by atoms with Crippen LogP contribution in [0.15, 0.2) is 36.5 Å². The van der Waals surface area contributed by atoms with E-state index in [0.29, 0.717) is 5.00 Å². The van der Waals surface area contributed by atoms with Crippen LogP contribution >= 0.6 is 11.5 Å². The lowest BCUT2D eigenvalue weighted by Gasteiger charge is -2.04. The Morgan fingerprint density at radius 2 is 2.00 bits per heavy atom. The lowest BCUT2D eigenvalue weighted by Crippen LogP contribution is -2.18. The first kappa shape index (κ1) is 9.60. The highest BCUT2D eigenvalue weighted by Crippen LogP contribution is 2.10. The third-order valence-corrected chi connectivity index (χ3v) is 2.21. The number of urea groups is 1. The molecule has 1 heterocycles. The Kier molecular flexibility index (Phi) is 2.89. The van der Waals surface area contributed by atoms with Gasteiger partial charge in [-0.15, -0.1) is 5.10 Å². The quantitative estimate of drug-likeness (QED) is 0.815. The van der Waals surface area contributed by atoms with E-state index >= 15 is 0 Å². The number of carbonyl (C=O) groups excluding carboxylic acids is 1. The van der Waals surface area contributed by atoms with E-state index < -0.39 is 0 Å². The van der Waals surface area contributed by atoms with Gasteiger partial charge in [0.05, 0.1) is 6.20 Å². The van der Waals surface area contributed by atoms with Crippen molar-refractivity contribution >= 4 is 28.3 Å². The molecule has 6 heteroatoms. The fourth-order valence-corrected chi connectivity index (χ4v) is 1.43. The zero-order chi connectivity index (χ0) is 10.5. The molecule has 76 valence electrons. The van der Waals surface area contributed by atoms with E-state index in [2.05, 4.69) is 20.2 Å². The standard InChI is InChI=1S/C9H8N4OS/c14-9(12-8-6-10-13-15-8)11-7-4-2-1-3-5-7/h1-6H,(H2,11,12,14). The number of anilines is 2. The molecule has 0 saturated carbocycles. The molecular formula is C9H8N4OS. The van der Waals surface area contributed by atoms with Crippen molar-refractivity contribution in [2.75, 3.05) is 10.6 Å². The number of nitrogens with one attached hydrogen (secondary N) is 2. The maximum Gasteiger partial charge on any atom is 0.324 e. The van der Waals surface area contributed by atoms with Gasteiger partial charge in [-0.25, -0.2) is 4.79 Å². The predicted octanol–water partition coefficient (Wildman–Crippen LogP) is 2.18. The molecule has 0 atom stereocenters. The van der Waals surface area contributed by atoms with Crippen LogP contribution in [0.1, 0.15) is 0 Å². The molecular weight excluding hydrogens is 212 g/mol. The van der Waals surface area contributed by atoms with Gasteiger partial charge in [-0.2, -0.15) is 0 Å². The summed E-state index contributed by atoms with van der Waals surface area (Å²) < 4.78 is 3.63. The van der Waals surface area contributed by atoms with Crippen molar-refractivity contribution in [3.63, 3.8) is 0 Å². The second kappa shape index (κ2) is 4.52. The molecule has 0 spiro atoms. The Labute approximate surface area is 90.3 Å². The minimum atomic E-state index is -0.299. The molecule has 0 bridgehead atoms. The lowest BCUT2D eigenvalue weighted by molar-refractivity contribution is 0.262. The number of rotatable bonds is 2. The Bertz CT molecular complexity index is 429. The summed E-state index contributed by atoms with van der Waals surface area (Å²) in [6.45, 7) is 0. The number of para-hydroxylation sites is 1. The summed E-state index contributed by atoms with van der Waals surface area (Å²) in [5.74, 6) is 0. The second-order valence-corrected chi connectivity index (χ2v) is 3.51. The molecule has 1 aromatic heterocycles. The van der Waals surface area contributed by atoms with Gasteiger partial charge >= 0.3 is 6.03 Å². The molecule has 1 aromatic carbocycles. The van der Waals surface area contributed by atoms with Crippen molar-refractivity contribution in [3.05, 3.63) is 36.5 Å². The number of benzene rings is 1. The van der Waals surface area contributed by atoms with Crippen LogP contribution in [0, 0.1) is 0 Å². The maximum absolute atomic E-state index is 11.4. The lowest BCUT2D eigenvalue weighted by atomic mass is 10.3. The van der Waals surface area contributed by atoms with Crippen LogP contribution in [0.25, 0.3) is 0 Å². The van der Waals surface area contributed by atoms with Crippen molar-refractivity contribution in [2.24, 2.45) is 0 Å². The van der Waals surface area contributed by atoms with Crippen LogP contribution in [0.5, 0.6) is 0 Å². The molecule has 0 fully saturated rings. The number of carbonyl (C=O) groups is 1. The van der Waals surface area contributed by atoms with Crippen molar-refractivity contribution < 1.29 is 4.79 Å². The summed E-state index contributed by atoms with van der Waals surface area (Å²) in [5.41, 5.74) is 0.743. The fourth-order valence-electron chi connectivity index (χ4n) is 1.02. The molecule has 2 rings (SSSR count). The molecule has 0 aliphatic carbocycles. The highest BCUT2D eigenvalue weighted by atomic mass is 32.1. The Hall–Kier alpha value is -1.95. The van der Waals surface area contributed by atoms with Crippen LogP contribution in [0.4, 0.5) is 15.5 Å². The summed E-state index contributed by atoms with van der Waals surface area (Å²) in [5, 5.41) is 9.52. The van der Waals surface area contributed by atoms with Crippen LogP contribution < -0.4 is 10.6 Å². The number of nitrogens with zero attached hydrogens (tertiary/aromatic N) is 2. The highest BCUT2D eigenvalue weighted by molar-refractivity contribution is 7.10. The topological polar surface area (TPSA) is 66.9 Å². The number of aromatic nitrogens is 2. The van der Waals surface area contributed by atoms with Crippen molar-refractivity contribution in [1.29, 1.82) is 0 Å². The van der Waals surface area contributed by atoms with E-state index in [9.17, 15) is 4.79 Å². The van der Waals surface area contributed by atoms with E-state index in [0.717, 1.165) is 17.2 Å². The Morgan fingerprint density at radius 3 is 2.67 bits per heavy atom. The number of hydrogen-bond donors (Lipinski definition) is 2. The maximum atomic E-state index is 11.4. The van der Waals surface area contributed by atoms with Gasteiger partial charge in [0.1, 0.15) is 5.00 Å². The Morgan fingerprint density at radius 1 is 1.20 bits per heavy atom.